The second-order valence-corrected chi connectivity index (χ2v) is 18.9. The van der Waals surface area contributed by atoms with Crippen molar-refractivity contribution in [1.29, 1.82) is 0 Å². The van der Waals surface area contributed by atoms with Gasteiger partial charge in [-0.15, -0.1) is 0 Å². The molecule has 0 aliphatic heterocycles. The van der Waals surface area contributed by atoms with Crippen molar-refractivity contribution in [3.63, 3.8) is 0 Å². The number of hydrogen-bond donors (Lipinski definition) is 9. The molecule has 0 radical (unpaired) electrons. The number of esters is 2. The molecule has 0 amide bonds. The topological polar surface area (TPSA) is 329 Å². The number of hydrogen-bond acceptors (Lipinski definition) is 15. The van der Waals surface area contributed by atoms with Gasteiger partial charge in [-0.1, -0.05) is 122 Å². The van der Waals surface area contributed by atoms with E-state index in [1.54, 1.807) is 0 Å². The molecule has 0 saturated heterocycles. The SMILES string of the molecule is CCCCCCCCCCCCCCCC(=O)O[C@H](COC(=O)CCCCCCCCCCN)COP(=O)(O)OC1C(O)[C@@H](OP(=O)(O)O)C(OP(=O)(O)O)[C@@H](O)[C@H]1O. The fourth-order valence-electron chi connectivity index (χ4n) is 6.59. The van der Waals surface area contributed by atoms with Crippen LogP contribution in [0.4, 0.5) is 0 Å². The second kappa shape index (κ2) is 31.0. The Labute approximate surface area is 348 Å². The summed E-state index contributed by atoms with van der Waals surface area (Å²) < 4.78 is 65.1. The van der Waals surface area contributed by atoms with Crippen LogP contribution in [0.2, 0.25) is 0 Å². The Balaban J connectivity index is 2.80. The summed E-state index contributed by atoms with van der Waals surface area (Å²) in [6.45, 7) is 1.38. The van der Waals surface area contributed by atoms with Gasteiger partial charge in [-0.2, -0.15) is 0 Å². The minimum absolute atomic E-state index is 0.00112. The molecular weight excluding hydrogens is 843 g/mol. The molecule has 0 aromatic heterocycles. The summed E-state index contributed by atoms with van der Waals surface area (Å²) in [6, 6.07) is 0. The van der Waals surface area contributed by atoms with Crippen LogP contribution in [-0.4, -0.2) is 114 Å². The van der Waals surface area contributed by atoms with Gasteiger partial charge < -0.3 is 55.0 Å². The number of phosphoric ester groups is 3. The van der Waals surface area contributed by atoms with E-state index < -0.39 is 91.3 Å². The fraction of sp³-hybridized carbons (Fsp3) is 0.944. The van der Waals surface area contributed by atoms with Gasteiger partial charge in [-0.25, -0.2) is 13.7 Å². The van der Waals surface area contributed by atoms with Gasteiger partial charge in [0.1, 0.15) is 43.2 Å². The van der Waals surface area contributed by atoms with Gasteiger partial charge >= 0.3 is 35.4 Å². The molecule has 1 fully saturated rings. The molecule has 1 rings (SSSR count). The fourth-order valence-corrected chi connectivity index (χ4v) is 8.69. The summed E-state index contributed by atoms with van der Waals surface area (Å²) in [5, 5.41) is 31.7. The molecule has 8 atom stereocenters. The summed E-state index contributed by atoms with van der Waals surface area (Å²) in [7, 11) is -16.6. The van der Waals surface area contributed by atoms with E-state index in [4.69, 9.17) is 24.3 Å². The average Bonchev–Trinajstić information content (AvgIpc) is 3.15. The minimum Gasteiger partial charge on any atom is -0.462 e. The summed E-state index contributed by atoms with van der Waals surface area (Å²) in [5.74, 6) is -1.31. The van der Waals surface area contributed by atoms with Crippen LogP contribution < -0.4 is 5.73 Å². The van der Waals surface area contributed by atoms with Crippen molar-refractivity contribution < 1.29 is 90.6 Å². The van der Waals surface area contributed by atoms with Gasteiger partial charge in [0.05, 0.1) is 6.61 Å². The van der Waals surface area contributed by atoms with E-state index >= 15 is 0 Å². The molecule has 0 aromatic carbocycles. The van der Waals surface area contributed by atoms with Crippen LogP contribution in [0.15, 0.2) is 0 Å². The van der Waals surface area contributed by atoms with Crippen molar-refractivity contribution >= 4 is 35.4 Å². The van der Waals surface area contributed by atoms with Crippen LogP contribution in [0.3, 0.4) is 0 Å². The molecule has 1 aliphatic rings. The first kappa shape index (κ1) is 56.1. The summed E-state index contributed by atoms with van der Waals surface area (Å²) in [4.78, 5) is 72.7. The molecule has 59 heavy (non-hydrogen) atoms. The van der Waals surface area contributed by atoms with Crippen molar-refractivity contribution in [3.05, 3.63) is 0 Å². The first-order valence-electron chi connectivity index (χ1n) is 21.0. The van der Waals surface area contributed by atoms with Gasteiger partial charge in [0.25, 0.3) is 0 Å². The molecule has 0 heterocycles. The highest BCUT2D eigenvalue weighted by Crippen LogP contribution is 2.51. The van der Waals surface area contributed by atoms with Crippen molar-refractivity contribution in [2.24, 2.45) is 5.73 Å². The first-order valence-corrected chi connectivity index (χ1v) is 25.6. The predicted octanol–water partition coefficient (Wildman–Crippen LogP) is 4.95. The van der Waals surface area contributed by atoms with Gasteiger partial charge in [-0.3, -0.25) is 27.7 Å². The molecule has 10 N–H and O–H groups in total. The van der Waals surface area contributed by atoms with Gasteiger partial charge in [0.2, 0.25) is 0 Å². The monoisotopic (exact) mass is 915 g/mol. The lowest BCUT2D eigenvalue weighted by Crippen LogP contribution is -2.65. The number of phosphoric acid groups is 3. The lowest BCUT2D eigenvalue weighted by Gasteiger charge is -2.44. The summed E-state index contributed by atoms with van der Waals surface area (Å²) >= 11 is 0. The lowest BCUT2D eigenvalue weighted by atomic mass is 9.85. The van der Waals surface area contributed by atoms with Crippen molar-refractivity contribution in [2.75, 3.05) is 19.8 Å². The third-order valence-corrected chi connectivity index (χ3v) is 11.8. The average molecular weight is 916 g/mol. The van der Waals surface area contributed by atoms with Crippen LogP contribution in [0, 0.1) is 0 Å². The quantitative estimate of drug-likeness (QED) is 0.0228. The lowest BCUT2D eigenvalue weighted by molar-refractivity contribution is -0.213. The zero-order valence-corrected chi connectivity index (χ0v) is 37.1. The van der Waals surface area contributed by atoms with Crippen LogP contribution in [-0.2, 0) is 50.9 Å². The molecule has 1 saturated carbocycles. The Morgan fingerprint density at radius 1 is 0.525 bits per heavy atom. The van der Waals surface area contributed by atoms with E-state index in [0.29, 0.717) is 19.4 Å². The number of rotatable bonds is 36. The normalized spacial score (nSPS) is 22.8. The Kier molecular flexibility index (Phi) is 29.5. The van der Waals surface area contributed by atoms with Crippen molar-refractivity contribution in [3.8, 4) is 0 Å². The van der Waals surface area contributed by atoms with E-state index in [9.17, 15) is 63.1 Å². The minimum atomic E-state index is -5.59. The maximum absolute atomic E-state index is 13.0. The highest BCUT2D eigenvalue weighted by atomic mass is 31.2. The van der Waals surface area contributed by atoms with E-state index in [2.05, 4.69) is 16.0 Å². The zero-order valence-electron chi connectivity index (χ0n) is 34.4. The van der Waals surface area contributed by atoms with E-state index in [0.717, 1.165) is 77.0 Å². The highest BCUT2D eigenvalue weighted by Gasteiger charge is 2.56. The number of aliphatic hydroxyl groups is 3. The largest absolute Gasteiger partial charge is 0.472 e. The maximum Gasteiger partial charge on any atom is 0.472 e. The zero-order chi connectivity index (χ0) is 44.3. The summed E-state index contributed by atoms with van der Waals surface area (Å²) in [6.07, 6.45) is 5.51. The molecule has 0 bridgehead atoms. The van der Waals surface area contributed by atoms with Crippen LogP contribution in [0.1, 0.15) is 155 Å². The van der Waals surface area contributed by atoms with Crippen LogP contribution in [0.5, 0.6) is 0 Å². The number of ether oxygens (including phenoxy) is 2. The van der Waals surface area contributed by atoms with Crippen molar-refractivity contribution in [2.45, 2.75) is 197 Å². The molecule has 1 aliphatic carbocycles. The smallest absolute Gasteiger partial charge is 0.462 e. The Hall–Kier alpha value is -0.890. The molecule has 4 unspecified atom stereocenters. The van der Waals surface area contributed by atoms with E-state index in [-0.39, 0.29) is 12.8 Å². The number of carbonyl (C=O) groups excluding carboxylic acids is 2. The highest BCUT2D eigenvalue weighted by molar-refractivity contribution is 7.47. The first-order chi connectivity index (χ1) is 27.8. The number of nitrogens with two attached hydrogens (primary N) is 1. The van der Waals surface area contributed by atoms with E-state index in [1.165, 1.54) is 44.9 Å². The van der Waals surface area contributed by atoms with Gasteiger partial charge in [0.15, 0.2) is 6.10 Å². The van der Waals surface area contributed by atoms with Gasteiger partial charge in [-0.05, 0) is 25.8 Å². The van der Waals surface area contributed by atoms with E-state index in [1.807, 2.05) is 0 Å². The Bertz CT molecular complexity index is 1290. The molecule has 0 spiro atoms. The molecular formula is C36H72NO19P3. The Morgan fingerprint density at radius 2 is 0.915 bits per heavy atom. The molecule has 0 aromatic rings. The number of unbranched alkanes of at least 4 members (excludes halogenated alkanes) is 19. The van der Waals surface area contributed by atoms with Crippen LogP contribution in [0.25, 0.3) is 0 Å². The standard InChI is InChI=1S/C36H72NO19P3/c1-2-3-4-5-6-7-8-9-10-11-15-18-21-24-30(39)53-28(26-51-29(38)23-20-17-14-12-13-16-19-22-25-37)27-52-59(49,50)56-34-31(40)32(41)35(54-57(43,44)45)36(33(34)42)55-58(46,47)48/h28,31-36,40-42H,2-27,37H2,1H3,(H,49,50)(H2,43,44,45)(H2,46,47,48)/t28-,31-,32+,33?,34?,35?,36-/m1/s1. The predicted molar refractivity (Wildman–Crippen MR) is 214 cm³/mol. The third kappa shape index (κ3) is 27.7. The third-order valence-electron chi connectivity index (χ3n) is 9.76. The number of carbonyl (C=O) groups is 2. The molecule has 23 heteroatoms. The van der Waals surface area contributed by atoms with Gasteiger partial charge in [0, 0.05) is 12.8 Å². The summed E-state index contributed by atoms with van der Waals surface area (Å²) in [5.41, 5.74) is 5.51. The maximum atomic E-state index is 13.0. The molecule has 20 nitrogen and oxygen atoms in total. The van der Waals surface area contributed by atoms with Crippen LogP contribution >= 0.6 is 23.5 Å². The second-order valence-electron chi connectivity index (χ2n) is 15.1. The number of aliphatic hydroxyl groups excluding tert-OH is 3. The van der Waals surface area contributed by atoms with Crippen molar-refractivity contribution in [1.82, 2.24) is 0 Å². The Morgan fingerprint density at radius 3 is 1.36 bits per heavy atom. The molecule has 350 valence electrons.